The highest BCUT2D eigenvalue weighted by Gasteiger charge is 2.14. The minimum Gasteiger partial charge on any atom is -0.371 e. The van der Waals surface area contributed by atoms with E-state index in [9.17, 15) is 0 Å². The average molecular weight is 270 g/mol. The molecule has 3 rings (SSSR count). The van der Waals surface area contributed by atoms with E-state index in [0.717, 1.165) is 25.3 Å². The van der Waals surface area contributed by atoms with Gasteiger partial charge in [0, 0.05) is 50.7 Å². The normalized spacial score (nSPS) is 14.9. The van der Waals surface area contributed by atoms with Gasteiger partial charge in [-0.05, 0) is 24.5 Å². The molecule has 0 atom stereocenters. The summed E-state index contributed by atoms with van der Waals surface area (Å²) in [4.78, 5) is 9.87. The van der Waals surface area contributed by atoms with Crippen LogP contribution in [0.4, 0.5) is 5.69 Å². The number of benzene rings is 1. The molecule has 1 fully saturated rings. The maximum absolute atomic E-state index is 4.24. The van der Waals surface area contributed by atoms with Crippen LogP contribution in [0.15, 0.2) is 36.7 Å². The molecule has 1 aromatic carbocycles. The molecular formula is C16H22N4. The van der Waals surface area contributed by atoms with E-state index in [1.165, 1.54) is 37.2 Å². The van der Waals surface area contributed by atoms with Crippen molar-refractivity contribution >= 4 is 5.69 Å². The van der Waals surface area contributed by atoms with Gasteiger partial charge in [0.1, 0.15) is 5.82 Å². The van der Waals surface area contributed by atoms with Gasteiger partial charge in [0.25, 0.3) is 0 Å². The summed E-state index contributed by atoms with van der Waals surface area (Å²) in [5.41, 5.74) is 2.80. The number of imidazole rings is 1. The number of aromatic amines is 1. The van der Waals surface area contributed by atoms with Crippen LogP contribution in [-0.4, -0.2) is 29.6 Å². The zero-order chi connectivity index (χ0) is 13.6. The van der Waals surface area contributed by atoms with E-state index in [1.54, 1.807) is 6.20 Å². The van der Waals surface area contributed by atoms with Crippen molar-refractivity contribution in [3.63, 3.8) is 0 Å². The Hall–Kier alpha value is -1.81. The average Bonchev–Trinajstić information content (AvgIpc) is 3.17. The van der Waals surface area contributed by atoms with Gasteiger partial charge >= 0.3 is 0 Å². The Morgan fingerprint density at radius 2 is 2.05 bits per heavy atom. The van der Waals surface area contributed by atoms with Crippen LogP contribution in [0, 0.1) is 0 Å². The van der Waals surface area contributed by atoms with Crippen LogP contribution in [0.25, 0.3) is 0 Å². The monoisotopic (exact) mass is 270 g/mol. The van der Waals surface area contributed by atoms with Crippen molar-refractivity contribution in [1.29, 1.82) is 0 Å². The number of hydrogen-bond acceptors (Lipinski definition) is 3. The lowest BCUT2D eigenvalue weighted by atomic mass is 10.1. The number of H-pyrrole nitrogens is 1. The smallest absolute Gasteiger partial charge is 0.107 e. The van der Waals surface area contributed by atoms with Gasteiger partial charge < -0.3 is 15.2 Å². The molecule has 0 aliphatic carbocycles. The third-order valence-electron chi connectivity index (χ3n) is 3.85. The third kappa shape index (κ3) is 3.20. The molecule has 0 bridgehead atoms. The van der Waals surface area contributed by atoms with Crippen molar-refractivity contribution in [2.24, 2.45) is 0 Å². The fraction of sp³-hybridized carbons (Fsp3) is 0.438. The van der Waals surface area contributed by atoms with E-state index >= 15 is 0 Å². The van der Waals surface area contributed by atoms with Crippen LogP contribution in [0.5, 0.6) is 0 Å². The fourth-order valence-corrected chi connectivity index (χ4v) is 2.79. The van der Waals surface area contributed by atoms with Gasteiger partial charge in [-0.2, -0.15) is 0 Å². The first-order valence-electron chi connectivity index (χ1n) is 7.45. The number of nitrogens with one attached hydrogen (secondary N) is 2. The van der Waals surface area contributed by atoms with Crippen molar-refractivity contribution in [2.45, 2.75) is 25.8 Å². The number of para-hydroxylation sites is 1. The first-order chi connectivity index (χ1) is 9.93. The maximum Gasteiger partial charge on any atom is 0.107 e. The van der Waals surface area contributed by atoms with Crippen molar-refractivity contribution < 1.29 is 0 Å². The molecule has 106 valence electrons. The summed E-state index contributed by atoms with van der Waals surface area (Å²) in [6.45, 7) is 4.27. The lowest BCUT2D eigenvalue weighted by molar-refractivity contribution is 0.672. The summed E-state index contributed by atoms with van der Waals surface area (Å²) < 4.78 is 0. The van der Waals surface area contributed by atoms with E-state index in [-0.39, 0.29) is 0 Å². The van der Waals surface area contributed by atoms with E-state index in [4.69, 9.17) is 0 Å². The molecule has 4 nitrogen and oxygen atoms in total. The summed E-state index contributed by atoms with van der Waals surface area (Å²) in [6.07, 6.45) is 7.26. The van der Waals surface area contributed by atoms with Gasteiger partial charge in [-0.25, -0.2) is 4.98 Å². The van der Waals surface area contributed by atoms with Gasteiger partial charge in [-0.3, -0.25) is 0 Å². The predicted octanol–water partition coefficient (Wildman–Crippen LogP) is 2.34. The highest BCUT2D eigenvalue weighted by molar-refractivity contribution is 5.54. The molecule has 0 unspecified atom stereocenters. The number of hydrogen-bond donors (Lipinski definition) is 2. The van der Waals surface area contributed by atoms with Crippen LogP contribution >= 0.6 is 0 Å². The Morgan fingerprint density at radius 3 is 2.85 bits per heavy atom. The number of rotatable bonds is 6. The minimum absolute atomic E-state index is 0.924. The molecule has 20 heavy (non-hydrogen) atoms. The molecule has 0 saturated carbocycles. The van der Waals surface area contributed by atoms with Crippen molar-refractivity contribution in [3.8, 4) is 0 Å². The molecular weight excluding hydrogens is 248 g/mol. The van der Waals surface area contributed by atoms with Crippen LogP contribution in [0.1, 0.15) is 24.2 Å². The predicted molar refractivity (Wildman–Crippen MR) is 81.9 cm³/mol. The number of aromatic nitrogens is 2. The second-order valence-electron chi connectivity index (χ2n) is 5.29. The van der Waals surface area contributed by atoms with Crippen LogP contribution in [0.2, 0.25) is 0 Å². The van der Waals surface area contributed by atoms with Crippen molar-refractivity contribution in [1.82, 2.24) is 15.3 Å². The molecule has 4 heteroatoms. The van der Waals surface area contributed by atoms with Gasteiger partial charge in [-0.15, -0.1) is 0 Å². The molecule has 0 radical (unpaired) electrons. The fourth-order valence-electron chi connectivity index (χ4n) is 2.79. The molecule has 0 spiro atoms. The quantitative estimate of drug-likeness (QED) is 0.792. The first kappa shape index (κ1) is 13.2. The topological polar surface area (TPSA) is 44.0 Å². The second-order valence-corrected chi connectivity index (χ2v) is 5.29. The number of nitrogens with zero attached hydrogens (tertiary/aromatic N) is 2. The summed E-state index contributed by atoms with van der Waals surface area (Å²) >= 11 is 0. The lowest BCUT2D eigenvalue weighted by Gasteiger charge is -2.21. The summed E-state index contributed by atoms with van der Waals surface area (Å²) in [7, 11) is 0. The molecule has 0 amide bonds. The molecule has 1 aliphatic heterocycles. The SMILES string of the molecule is c1ccc(N2CCCC2)c(CNCCc2ncc[nH]2)c1. The molecule has 2 heterocycles. The van der Waals surface area contributed by atoms with E-state index < -0.39 is 0 Å². The van der Waals surface area contributed by atoms with Crippen molar-refractivity contribution in [2.75, 3.05) is 24.5 Å². The van der Waals surface area contributed by atoms with Gasteiger partial charge in [0.15, 0.2) is 0 Å². The van der Waals surface area contributed by atoms with Crippen LogP contribution in [-0.2, 0) is 13.0 Å². The minimum atomic E-state index is 0.924. The summed E-state index contributed by atoms with van der Waals surface area (Å²) in [5, 5.41) is 3.52. The largest absolute Gasteiger partial charge is 0.371 e. The molecule has 1 saturated heterocycles. The first-order valence-corrected chi connectivity index (χ1v) is 7.45. The highest BCUT2D eigenvalue weighted by Crippen LogP contribution is 2.24. The maximum atomic E-state index is 4.24. The van der Waals surface area contributed by atoms with Gasteiger partial charge in [0.2, 0.25) is 0 Å². The van der Waals surface area contributed by atoms with E-state index in [2.05, 4.69) is 44.5 Å². The third-order valence-corrected chi connectivity index (χ3v) is 3.85. The van der Waals surface area contributed by atoms with E-state index in [0.29, 0.717) is 0 Å². The van der Waals surface area contributed by atoms with Crippen LogP contribution in [0.3, 0.4) is 0 Å². The Balaban J connectivity index is 1.54. The summed E-state index contributed by atoms with van der Waals surface area (Å²) in [6, 6.07) is 8.74. The zero-order valence-corrected chi connectivity index (χ0v) is 11.8. The van der Waals surface area contributed by atoms with Crippen molar-refractivity contribution in [3.05, 3.63) is 48.0 Å². The number of anilines is 1. The van der Waals surface area contributed by atoms with Crippen LogP contribution < -0.4 is 10.2 Å². The zero-order valence-electron chi connectivity index (χ0n) is 11.8. The Labute approximate surface area is 120 Å². The van der Waals surface area contributed by atoms with Gasteiger partial charge in [-0.1, -0.05) is 18.2 Å². The molecule has 1 aliphatic rings. The standard InChI is InChI=1S/C16H22N4/c1-2-6-15(20-11-3-4-12-20)14(5-1)13-17-8-7-16-18-9-10-19-16/h1-2,5-6,9-10,17H,3-4,7-8,11-13H2,(H,18,19). The lowest BCUT2D eigenvalue weighted by Crippen LogP contribution is -2.22. The summed E-state index contributed by atoms with van der Waals surface area (Å²) in [5.74, 6) is 1.05. The Kier molecular flexibility index (Phi) is 4.33. The molecule has 1 aromatic heterocycles. The Morgan fingerprint density at radius 1 is 1.20 bits per heavy atom. The molecule has 2 aromatic rings. The Bertz CT molecular complexity index is 515. The van der Waals surface area contributed by atoms with Gasteiger partial charge in [0.05, 0.1) is 0 Å². The highest BCUT2D eigenvalue weighted by atomic mass is 15.1. The second kappa shape index (κ2) is 6.57. The van der Waals surface area contributed by atoms with E-state index in [1.807, 2.05) is 6.20 Å². The molecule has 2 N–H and O–H groups in total.